The summed E-state index contributed by atoms with van der Waals surface area (Å²) in [4.78, 5) is 13.0. The van der Waals surface area contributed by atoms with E-state index < -0.39 is 26.5 Å². The molecule has 0 aliphatic heterocycles. The number of carbonyl (C=O) groups is 1. The number of anilines is 1. The average molecular weight is 354 g/mol. The van der Waals surface area contributed by atoms with Crippen LogP contribution in [0.15, 0.2) is 59.5 Å². The van der Waals surface area contributed by atoms with Gasteiger partial charge >= 0.3 is 11.8 Å². The van der Waals surface area contributed by atoms with Gasteiger partial charge in [0.1, 0.15) is 0 Å². The zero-order valence-corrected chi connectivity index (χ0v) is 13.6. The van der Waals surface area contributed by atoms with Gasteiger partial charge in [-0.2, -0.15) is 8.78 Å². The number of benzene rings is 2. The Bertz CT molecular complexity index is 811. The van der Waals surface area contributed by atoms with Crippen LogP contribution in [0.3, 0.4) is 0 Å². The predicted molar refractivity (Wildman–Crippen MR) is 86.6 cm³/mol. The number of nitrogens with one attached hydrogen (secondary N) is 1. The Morgan fingerprint density at radius 3 is 2.42 bits per heavy atom. The van der Waals surface area contributed by atoms with E-state index in [0.717, 1.165) is 17.7 Å². The molecule has 5 nitrogen and oxygen atoms in total. The molecule has 0 saturated carbocycles. The Kier molecular flexibility index (Phi) is 5.50. The Hall–Kier alpha value is -2.48. The van der Waals surface area contributed by atoms with E-state index >= 15 is 0 Å². The van der Waals surface area contributed by atoms with Gasteiger partial charge in [0.2, 0.25) is 9.84 Å². The minimum absolute atomic E-state index is 0.127. The fourth-order valence-electron chi connectivity index (χ4n) is 2.00. The third kappa shape index (κ3) is 4.29. The van der Waals surface area contributed by atoms with Crippen molar-refractivity contribution in [3.05, 3.63) is 60.2 Å². The van der Waals surface area contributed by atoms with Crippen molar-refractivity contribution in [1.82, 2.24) is 4.90 Å². The Balaban J connectivity index is 2.09. The standard InChI is InChI=1S/C16H16F2N2O3S/c1-20(11-12-6-3-2-4-7-12)16(21)19-13-8-5-9-14(10-13)24(22,23)15(17)18/h2-10,15H,11H2,1H3,(H,19,21). The lowest BCUT2D eigenvalue weighted by molar-refractivity contribution is 0.220. The van der Waals surface area contributed by atoms with Crippen LogP contribution in [0.2, 0.25) is 0 Å². The fourth-order valence-corrected chi connectivity index (χ4v) is 2.77. The average Bonchev–Trinajstić information content (AvgIpc) is 2.55. The molecular weight excluding hydrogens is 338 g/mol. The number of sulfone groups is 1. The number of urea groups is 1. The lowest BCUT2D eigenvalue weighted by atomic mass is 10.2. The molecule has 8 heteroatoms. The van der Waals surface area contributed by atoms with Crippen molar-refractivity contribution in [3.8, 4) is 0 Å². The highest BCUT2D eigenvalue weighted by Crippen LogP contribution is 2.21. The van der Waals surface area contributed by atoms with Crippen LogP contribution in [0.1, 0.15) is 5.56 Å². The zero-order valence-electron chi connectivity index (χ0n) is 12.8. The first-order chi connectivity index (χ1) is 11.3. The van der Waals surface area contributed by atoms with Gasteiger partial charge in [-0.15, -0.1) is 0 Å². The molecule has 0 bridgehead atoms. The lowest BCUT2D eigenvalue weighted by Gasteiger charge is -2.18. The van der Waals surface area contributed by atoms with Gasteiger partial charge in [-0.05, 0) is 23.8 Å². The second-order valence-corrected chi connectivity index (χ2v) is 7.02. The summed E-state index contributed by atoms with van der Waals surface area (Å²) in [5.41, 5.74) is 1.05. The number of alkyl halides is 2. The van der Waals surface area contributed by atoms with Crippen molar-refractivity contribution in [2.24, 2.45) is 0 Å². The Morgan fingerprint density at radius 2 is 1.79 bits per heavy atom. The first-order valence-corrected chi connectivity index (χ1v) is 8.53. The van der Waals surface area contributed by atoms with Gasteiger partial charge in [0.25, 0.3) is 0 Å². The number of hydrogen-bond donors (Lipinski definition) is 1. The molecule has 24 heavy (non-hydrogen) atoms. The van der Waals surface area contributed by atoms with Crippen molar-refractivity contribution in [2.45, 2.75) is 17.2 Å². The number of hydrogen-bond acceptors (Lipinski definition) is 3. The van der Waals surface area contributed by atoms with Crippen molar-refractivity contribution in [1.29, 1.82) is 0 Å². The van der Waals surface area contributed by atoms with Gasteiger partial charge in [-0.3, -0.25) is 0 Å². The minimum Gasteiger partial charge on any atom is -0.323 e. The molecule has 0 aromatic heterocycles. The molecule has 0 aliphatic carbocycles. The van der Waals surface area contributed by atoms with E-state index in [0.29, 0.717) is 6.54 Å². The van der Waals surface area contributed by atoms with Gasteiger partial charge in [-0.1, -0.05) is 36.4 Å². The molecule has 0 atom stereocenters. The summed E-state index contributed by atoms with van der Waals surface area (Å²) < 4.78 is 48.1. The van der Waals surface area contributed by atoms with Crippen molar-refractivity contribution in [2.75, 3.05) is 12.4 Å². The third-order valence-corrected chi connectivity index (χ3v) is 4.64. The maximum atomic E-state index is 12.6. The smallest absolute Gasteiger partial charge is 0.323 e. The summed E-state index contributed by atoms with van der Waals surface area (Å²) in [6.07, 6.45) is 0. The van der Waals surface area contributed by atoms with Crippen LogP contribution in [0.25, 0.3) is 0 Å². The molecule has 0 radical (unpaired) electrons. The maximum Gasteiger partial charge on any atom is 0.341 e. The highest BCUT2D eigenvalue weighted by atomic mass is 32.2. The molecule has 0 aliphatic rings. The van der Waals surface area contributed by atoms with Crippen LogP contribution >= 0.6 is 0 Å². The first kappa shape index (κ1) is 17.9. The SMILES string of the molecule is CN(Cc1ccccc1)C(=O)Nc1cccc(S(=O)(=O)C(F)F)c1. The van der Waals surface area contributed by atoms with E-state index in [4.69, 9.17) is 0 Å². The summed E-state index contributed by atoms with van der Waals surface area (Å²) in [5.74, 6) is -3.51. The summed E-state index contributed by atoms with van der Waals surface area (Å²) in [7, 11) is -3.13. The molecule has 2 rings (SSSR count). The van der Waals surface area contributed by atoms with Crippen LogP contribution in [0, 0.1) is 0 Å². The minimum atomic E-state index is -4.70. The van der Waals surface area contributed by atoms with E-state index in [1.165, 1.54) is 17.0 Å². The molecule has 0 spiro atoms. The van der Waals surface area contributed by atoms with E-state index in [2.05, 4.69) is 5.32 Å². The quantitative estimate of drug-likeness (QED) is 0.895. The number of carbonyl (C=O) groups excluding carboxylic acids is 1. The number of halogens is 2. The van der Waals surface area contributed by atoms with E-state index in [-0.39, 0.29) is 5.69 Å². The second-order valence-electron chi connectivity index (χ2n) is 5.11. The number of amides is 2. The van der Waals surface area contributed by atoms with Crippen LogP contribution in [-0.4, -0.2) is 32.2 Å². The van der Waals surface area contributed by atoms with E-state index in [1.807, 2.05) is 30.3 Å². The second kappa shape index (κ2) is 7.39. The highest BCUT2D eigenvalue weighted by Gasteiger charge is 2.26. The summed E-state index contributed by atoms with van der Waals surface area (Å²) in [6, 6.07) is 13.6. The molecule has 0 fully saturated rings. The fraction of sp³-hybridized carbons (Fsp3) is 0.188. The van der Waals surface area contributed by atoms with Gasteiger partial charge in [0.05, 0.1) is 4.90 Å². The molecule has 0 heterocycles. The van der Waals surface area contributed by atoms with Crippen LogP contribution in [-0.2, 0) is 16.4 Å². The van der Waals surface area contributed by atoms with Gasteiger partial charge in [-0.25, -0.2) is 13.2 Å². The van der Waals surface area contributed by atoms with Gasteiger partial charge in [0, 0.05) is 19.3 Å². The monoisotopic (exact) mass is 354 g/mol. The number of nitrogens with zero attached hydrogens (tertiary/aromatic N) is 1. The topological polar surface area (TPSA) is 66.5 Å². The molecule has 0 unspecified atom stereocenters. The van der Waals surface area contributed by atoms with Crippen LogP contribution in [0.4, 0.5) is 19.3 Å². The van der Waals surface area contributed by atoms with E-state index in [9.17, 15) is 22.0 Å². The van der Waals surface area contributed by atoms with Crippen molar-refractivity contribution < 1.29 is 22.0 Å². The summed E-state index contributed by atoms with van der Waals surface area (Å²) in [5, 5.41) is 2.49. The molecule has 0 saturated heterocycles. The first-order valence-electron chi connectivity index (χ1n) is 6.99. The number of rotatable bonds is 5. The molecular formula is C16H16F2N2O3S. The highest BCUT2D eigenvalue weighted by molar-refractivity contribution is 7.91. The summed E-state index contributed by atoms with van der Waals surface area (Å²) >= 11 is 0. The zero-order chi connectivity index (χ0) is 17.7. The van der Waals surface area contributed by atoms with E-state index in [1.54, 1.807) is 7.05 Å². The van der Waals surface area contributed by atoms with Crippen molar-refractivity contribution in [3.63, 3.8) is 0 Å². The Labute approximate surface area is 138 Å². The summed E-state index contributed by atoms with van der Waals surface area (Å²) in [6.45, 7) is 0.349. The van der Waals surface area contributed by atoms with Gasteiger partial charge in [0.15, 0.2) is 0 Å². The molecule has 2 aromatic carbocycles. The predicted octanol–water partition coefficient (Wildman–Crippen LogP) is 3.35. The van der Waals surface area contributed by atoms with Gasteiger partial charge < -0.3 is 10.2 Å². The maximum absolute atomic E-state index is 12.6. The molecule has 2 aromatic rings. The van der Waals surface area contributed by atoms with Crippen molar-refractivity contribution >= 4 is 21.6 Å². The lowest BCUT2D eigenvalue weighted by Crippen LogP contribution is -2.30. The Morgan fingerprint density at radius 1 is 1.12 bits per heavy atom. The van der Waals surface area contributed by atoms with Crippen LogP contribution < -0.4 is 5.32 Å². The third-order valence-electron chi connectivity index (χ3n) is 3.26. The molecule has 128 valence electrons. The normalized spacial score (nSPS) is 11.3. The largest absolute Gasteiger partial charge is 0.341 e. The molecule has 2 amide bonds. The van der Waals surface area contributed by atoms with Crippen LogP contribution in [0.5, 0.6) is 0 Å². The molecule has 1 N–H and O–H groups in total.